The molecular weight excluding hydrogens is 498 g/mol. The quantitative estimate of drug-likeness (QED) is 0.379. The zero-order valence-corrected chi connectivity index (χ0v) is 20.7. The topological polar surface area (TPSA) is 111 Å². The van der Waals surface area contributed by atoms with Gasteiger partial charge in [0.05, 0.1) is 23.6 Å². The van der Waals surface area contributed by atoms with Gasteiger partial charge in [0, 0.05) is 44.3 Å². The summed E-state index contributed by atoms with van der Waals surface area (Å²) < 4.78 is 15.0. The first kappa shape index (κ1) is 22.6. The average molecular weight is 518 g/mol. The Hall–Kier alpha value is -3.89. The van der Waals surface area contributed by atoms with Crippen LogP contribution in [-0.2, 0) is 17.2 Å². The van der Waals surface area contributed by atoms with Gasteiger partial charge in [0.1, 0.15) is 12.2 Å². The van der Waals surface area contributed by atoms with Crippen molar-refractivity contribution in [1.29, 1.82) is 0 Å². The van der Waals surface area contributed by atoms with Crippen LogP contribution in [0.3, 0.4) is 0 Å². The Labute approximate surface area is 213 Å². The Morgan fingerprint density at radius 1 is 1.08 bits per heavy atom. The number of aromatic amines is 1. The third-order valence-corrected chi connectivity index (χ3v) is 7.58. The molecule has 0 spiro atoms. The molecule has 11 heteroatoms. The second-order valence-electron chi connectivity index (χ2n) is 8.57. The summed E-state index contributed by atoms with van der Waals surface area (Å²) in [5.74, 6) is 0.735. The number of aryl methyl sites for hydroxylation is 1. The van der Waals surface area contributed by atoms with Gasteiger partial charge in [-0.25, -0.2) is 4.98 Å². The maximum absolute atomic E-state index is 13.4. The first-order valence-electron chi connectivity index (χ1n) is 11.3. The molecule has 0 saturated heterocycles. The average Bonchev–Trinajstić information content (AvgIpc) is 3.64. The zero-order valence-electron chi connectivity index (χ0n) is 19.1. The number of rotatable bonds is 5. The molecule has 0 unspecified atom stereocenters. The number of halogens is 1. The maximum Gasteiger partial charge on any atom is 0.252 e. The lowest BCUT2D eigenvalue weighted by Gasteiger charge is -2.15. The highest BCUT2D eigenvalue weighted by Gasteiger charge is 2.28. The number of H-pyrrole nitrogens is 1. The molecule has 0 radical (unpaired) electrons. The summed E-state index contributed by atoms with van der Waals surface area (Å²) in [6, 6.07) is 16.4. The van der Waals surface area contributed by atoms with Crippen LogP contribution < -0.4 is 5.56 Å². The Balaban J connectivity index is 1.35. The van der Waals surface area contributed by atoms with E-state index in [0.717, 1.165) is 57.3 Å². The van der Waals surface area contributed by atoms with Crippen LogP contribution >= 0.6 is 11.6 Å². The van der Waals surface area contributed by atoms with Crippen LogP contribution in [0.15, 0.2) is 76.8 Å². The predicted octanol–water partition coefficient (Wildman–Crippen LogP) is 3.81. The lowest BCUT2D eigenvalue weighted by molar-refractivity contribution is 0.572. The molecule has 0 saturated carbocycles. The molecule has 2 aromatic carbocycles. The summed E-state index contributed by atoms with van der Waals surface area (Å²) in [7, 11) is -1.03. The van der Waals surface area contributed by atoms with Gasteiger partial charge < -0.3 is 9.55 Å². The van der Waals surface area contributed by atoms with Crippen LogP contribution in [0.25, 0.3) is 28.1 Å². The van der Waals surface area contributed by atoms with Crippen LogP contribution in [0.1, 0.15) is 24.0 Å². The second kappa shape index (κ2) is 8.96. The third-order valence-electron chi connectivity index (χ3n) is 6.41. The molecule has 180 valence electrons. The third kappa shape index (κ3) is 3.98. The largest absolute Gasteiger partial charge is 0.340 e. The summed E-state index contributed by atoms with van der Waals surface area (Å²) in [5.41, 5.74) is 4.88. The summed E-state index contributed by atoms with van der Waals surface area (Å²) in [6.07, 6.45) is 6.43. The summed E-state index contributed by atoms with van der Waals surface area (Å²) in [5, 5.41) is 12.0. The molecule has 36 heavy (non-hydrogen) atoms. The molecule has 1 aliphatic heterocycles. The van der Waals surface area contributed by atoms with Crippen molar-refractivity contribution < 1.29 is 4.21 Å². The highest BCUT2D eigenvalue weighted by Crippen LogP contribution is 2.34. The Bertz CT molecular complexity index is 1660. The number of hydrogen-bond acceptors (Lipinski definition) is 6. The molecule has 0 aliphatic carbocycles. The van der Waals surface area contributed by atoms with E-state index in [-0.39, 0.29) is 11.6 Å². The van der Waals surface area contributed by atoms with Crippen molar-refractivity contribution >= 4 is 22.4 Å². The van der Waals surface area contributed by atoms with Crippen molar-refractivity contribution in [2.24, 2.45) is 0 Å². The lowest BCUT2D eigenvalue weighted by Crippen LogP contribution is -2.23. The summed E-state index contributed by atoms with van der Waals surface area (Å²) >= 11 is 6.29. The van der Waals surface area contributed by atoms with E-state index < -0.39 is 10.8 Å². The lowest BCUT2D eigenvalue weighted by atomic mass is 10.0. The molecule has 4 heterocycles. The van der Waals surface area contributed by atoms with Gasteiger partial charge in [0.2, 0.25) is 0 Å². The second-order valence-corrected chi connectivity index (χ2v) is 10.4. The van der Waals surface area contributed by atoms with Crippen LogP contribution in [0.4, 0.5) is 0 Å². The van der Waals surface area contributed by atoms with Gasteiger partial charge in [0.15, 0.2) is 0 Å². The zero-order chi connectivity index (χ0) is 24.8. The predicted molar refractivity (Wildman–Crippen MR) is 137 cm³/mol. The fraction of sp³-hybridized carbons (Fsp3) is 0.160. The van der Waals surface area contributed by atoms with E-state index in [1.54, 1.807) is 33.8 Å². The number of hydrogen-bond donors (Lipinski definition) is 1. The smallest absolute Gasteiger partial charge is 0.252 e. The van der Waals surface area contributed by atoms with Gasteiger partial charge in [-0.15, -0.1) is 5.10 Å². The molecule has 6 rings (SSSR count). The molecule has 0 bridgehead atoms. The van der Waals surface area contributed by atoms with Gasteiger partial charge >= 0.3 is 0 Å². The van der Waals surface area contributed by atoms with Crippen molar-refractivity contribution in [2.75, 3.05) is 6.26 Å². The van der Waals surface area contributed by atoms with E-state index in [4.69, 9.17) is 11.6 Å². The highest BCUT2D eigenvalue weighted by molar-refractivity contribution is 7.84. The number of fused-ring (bicyclic) bond motifs is 1. The molecule has 2 atom stereocenters. The van der Waals surface area contributed by atoms with Gasteiger partial charge in [-0.05, 0) is 70.8 Å². The molecule has 3 aromatic heterocycles. The number of imidazole rings is 1. The van der Waals surface area contributed by atoms with Crippen molar-refractivity contribution in [2.45, 2.75) is 23.8 Å². The number of nitrogens with zero attached hydrogens (tertiary/aromatic N) is 6. The minimum atomic E-state index is -1.03. The Morgan fingerprint density at radius 2 is 1.92 bits per heavy atom. The van der Waals surface area contributed by atoms with Crippen LogP contribution in [0, 0.1) is 0 Å². The molecule has 0 amide bonds. The number of pyridine rings is 1. The van der Waals surface area contributed by atoms with Gasteiger partial charge in [-0.3, -0.25) is 9.00 Å². The van der Waals surface area contributed by atoms with Crippen LogP contribution in [0.2, 0.25) is 5.02 Å². The van der Waals surface area contributed by atoms with Crippen LogP contribution in [0.5, 0.6) is 0 Å². The maximum atomic E-state index is 13.4. The van der Waals surface area contributed by atoms with E-state index in [2.05, 4.69) is 25.5 Å². The minimum Gasteiger partial charge on any atom is -0.340 e. The van der Waals surface area contributed by atoms with E-state index in [1.165, 1.54) is 6.33 Å². The highest BCUT2D eigenvalue weighted by atomic mass is 35.5. The molecular formula is C25H20ClN7O2S. The Morgan fingerprint density at radius 3 is 2.67 bits per heavy atom. The number of nitrogens with one attached hydrogen (secondary N) is 1. The number of aromatic nitrogens is 7. The van der Waals surface area contributed by atoms with Crippen molar-refractivity contribution in [3.63, 3.8) is 0 Å². The monoisotopic (exact) mass is 517 g/mol. The van der Waals surface area contributed by atoms with E-state index in [1.807, 2.05) is 42.5 Å². The summed E-state index contributed by atoms with van der Waals surface area (Å²) in [6.45, 7) is 0. The fourth-order valence-electron chi connectivity index (χ4n) is 4.70. The molecule has 0 fully saturated rings. The number of tetrazole rings is 1. The molecule has 5 aromatic rings. The van der Waals surface area contributed by atoms with Crippen molar-refractivity contribution in [3.05, 3.63) is 94.0 Å². The SMILES string of the molecule is C[S@](=O)c1ccc(-c2cnc([C@@H]3CCc4cc(-c5cc(Cl)ccc5-n5cnnn5)cc(=O)n43)[nH]2)cc1. The molecule has 1 N–H and O–H groups in total. The summed E-state index contributed by atoms with van der Waals surface area (Å²) in [4.78, 5) is 22.1. The van der Waals surface area contributed by atoms with Crippen molar-refractivity contribution in [3.8, 4) is 28.1 Å². The van der Waals surface area contributed by atoms with Gasteiger partial charge in [-0.1, -0.05) is 23.7 Å². The van der Waals surface area contributed by atoms with Gasteiger partial charge in [-0.2, -0.15) is 4.68 Å². The first-order chi connectivity index (χ1) is 17.5. The molecule has 1 aliphatic rings. The first-order valence-corrected chi connectivity index (χ1v) is 13.2. The van der Waals surface area contributed by atoms with Crippen molar-refractivity contribution in [1.82, 2.24) is 34.7 Å². The Kier molecular flexibility index (Phi) is 5.62. The standard InChI is InChI=1S/C25H20ClN7O2S/c1-36(35)19-6-2-15(3-7-19)21-13-27-25(29-21)23-9-5-18-10-16(11-24(34)33(18)23)20-12-17(26)4-8-22(20)32-14-28-30-31-32/h2-4,6-8,10-14,23H,5,9H2,1H3,(H,27,29)/t23-,36-/m0/s1. The van der Waals surface area contributed by atoms with Gasteiger partial charge in [0.25, 0.3) is 5.56 Å². The van der Waals surface area contributed by atoms with E-state index >= 15 is 0 Å². The van der Waals surface area contributed by atoms with Crippen LogP contribution in [-0.4, -0.2) is 45.2 Å². The molecule has 9 nitrogen and oxygen atoms in total. The normalized spacial score (nSPS) is 15.7. The fourth-order valence-corrected chi connectivity index (χ4v) is 5.39. The number of benzene rings is 2. The minimum absolute atomic E-state index is 0.111. The van der Waals surface area contributed by atoms with E-state index in [9.17, 15) is 9.00 Å². The van der Waals surface area contributed by atoms with E-state index in [0.29, 0.717) is 5.02 Å².